The molecule has 0 spiro atoms. The van der Waals surface area contributed by atoms with Crippen LogP contribution in [0.5, 0.6) is 11.5 Å². The molecule has 2 aromatic rings. The van der Waals surface area contributed by atoms with Gasteiger partial charge in [0, 0.05) is 18.7 Å². The van der Waals surface area contributed by atoms with E-state index >= 15 is 0 Å². The largest absolute Gasteiger partial charge is 0.493 e. The van der Waals surface area contributed by atoms with Crippen LogP contribution in [0.2, 0.25) is 0 Å². The van der Waals surface area contributed by atoms with Crippen LogP contribution in [-0.4, -0.2) is 37.2 Å². The molecule has 0 radical (unpaired) electrons. The Morgan fingerprint density at radius 3 is 2.57 bits per heavy atom. The molecule has 1 aromatic carbocycles. The molecular formula is C14H19N3O3S. The highest BCUT2D eigenvalue weighted by Crippen LogP contribution is 2.31. The van der Waals surface area contributed by atoms with Crippen molar-refractivity contribution in [2.24, 2.45) is 0 Å². The number of methoxy groups -OCH3 is 2. The van der Waals surface area contributed by atoms with E-state index in [0.29, 0.717) is 16.9 Å². The van der Waals surface area contributed by atoms with Gasteiger partial charge < -0.3 is 19.2 Å². The van der Waals surface area contributed by atoms with Gasteiger partial charge in [0.1, 0.15) is 0 Å². The summed E-state index contributed by atoms with van der Waals surface area (Å²) >= 11 is 1.52. The van der Waals surface area contributed by atoms with E-state index in [-0.39, 0.29) is 6.04 Å². The molecule has 1 atom stereocenters. The summed E-state index contributed by atoms with van der Waals surface area (Å²) in [6.45, 7) is 1.78. The second-order valence-corrected chi connectivity index (χ2v) is 5.32. The summed E-state index contributed by atoms with van der Waals surface area (Å²) < 4.78 is 16.0. The van der Waals surface area contributed by atoms with E-state index in [1.54, 1.807) is 21.1 Å². The number of benzene rings is 1. The zero-order valence-corrected chi connectivity index (χ0v) is 13.4. The molecule has 0 aliphatic carbocycles. The van der Waals surface area contributed by atoms with Crippen molar-refractivity contribution in [1.29, 1.82) is 0 Å². The van der Waals surface area contributed by atoms with Crippen LogP contribution in [0, 0.1) is 6.92 Å². The van der Waals surface area contributed by atoms with E-state index in [0.717, 1.165) is 17.1 Å². The molecule has 0 saturated heterocycles. The molecule has 0 fully saturated rings. The molecule has 21 heavy (non-hydrogen) atoms. The van der Waals surface area contributed by atoms with Gasteiger partial charge in [0.05, 0.1) is 14.2 Å². The third kappa shape index (κ3) is 3.89. The first-order chi connectivity index (χ1) is 10.2. The Hall–Kier alpha value is -1.73. The molecular weight excluding hydrogens is 290 g/mol. The lowest BCUT2D eigenvalue weighted by Gasteiger charge is -2.17. The molecule has 1 unspecified atom stereocenters. The highest BCUT2D eigenvalue weighted by molar-refractivity contribution is 7.99. The first-order valence-corrected chi connectivity index (χ1v) is 7.48. The Kier molecular flexibility index (Phi) is 5.46. The Labute approximate surface area is 128 Å². The van der Waals surface area contributed by atoms with Gasteiger partial charge in [-0.1, -0.05) is 17.8 Å². The van der Waals surface area contributed by atoms with Gasteiger partial charge in [-0.3, -0.25) is 0 Å². The van der Waals surface area contributed by atoms with E-state index in [9.17, 15) is 0 Å². The topological polar surface area (TPSA) is 69.4 Å². The summed E-state index contributed by atoms with van der Waals surface area (Å²) in [5, 5.41) is 11.7. The summed E-state index contributed by atoms with van der Waals surface area (Å²) in [5.74, 6) is 2.78. The van der Waals surface area contributed by atoms with Crippen LogP contribution in [0.1, 0.15) is 17.5 Å². The van der Waals surface area contributed by atoms with Crippen LogP contribution in [-0.2, 0) is 0 Å². The maximum atomic E-state index is 5.36. The minimum Gasteiger partial charge on any atom is -0.493 e. The van der Waals surface area contributed by atoms with Gasteiger partial charge in [-0.15, -0.1) is 10.2 Å². The zero-order chi connectivity index (χ0) is 15.2. The standard InChI is InChI=1S/C14H19N3O3S/c1-9-16-17-14(20-9)21-8-11(15-2)10-5-6-12(18-3)13(7-10)19-4/h5-7,11,15H,8H2,1-4H3. The van der Waals surface area contributed by atoms with Crippen LogP contribution in [0.3, 0.4) is 0 Å². The monoisotopic (exact) mass is 309 g/mol. The number of ether oxygens (including phenoxy) is 2. The van der Waals surface area contributed by atoms with Gasteiger partial charge in [0.25, 0.3) is 5.22 Å². The number of thioether (sulfide) groups is 1. The van der Waals surface area contributed by atoms with Crippen molar-refractivity contribution in [2.75, 3.05) is 27.0 Å². The molecule has 0 aliphatic rings. The van der Waals surface area contributed by atoms with Gasteiger partial charge in [-0.25, -0.2) is 0 Å². The highest BCUT2D eigenvalue weighted by Gasteiger charge is 2.15. The number of hydrogen-bond acceptors (Lipinski definition) is 7. The molecule has 7 heteroatoms. The summed E-state index contributed by atoms with van der Waals surface area (Å²) in [7, 11) is 5.17. The summed E-state index contributed by atoms with van der Waals surface area (Å²) in [6.07, 6.45) is 0. The van der Waals surface area contributed by atoms with E-state index < -0.39 is 0 Å². The van der Waals surface area contributed by atoms with Gasteiger partial charge in [-0.05, 0) is 24.7 Å². The van der Waals surface area contributed by atoms with E-state index in [1.165, 1.54) is 11.8 Å². The lowest BCUT2D eigenvalue weighted by molar-refractivity contribution is 0.354. The second kappa shape index (κ2) is 7.33. The smallest absolute Gasteiger partial charge is 0.276 e. The number of nitrogens with zero attached hydrogens (tertiary/aromatic N) is 2. The third-order valence-electron chi connectivity index (χ3n) is 3.04. The van der Waals surface area contributed by atoms with Crippen molar-refractivity contribution in [3.63, 3.8) is 0 Å². The molecule has 2 rings (SSSR count). The first kappa shape index (κ1) is 15.7. The lowest BCUT2D eigenvalue weighted by Crippen LogP contribution is -2.18. The van der Waals surface area contributed by atoms with Gasteiger partial charge >= 0.3 is 0 Å². The minimum absolute atomic E-state index is 0.141. The van der Waals surface area contributed by atoms with Crippen LogP contribution in [0.25, 0.3) is 0 Å². The average molecular weight is 309 g/mol. The summed E-state index contributed by atoms with van der Waals surface area (Å²) in [4.78, 5) is 0. The van der Waals surface area contributed by atoms with Crippen molar-refractivity contribution >= 4 is 11.8 Å². The predicted octanol–water partition coefficient (Wildman–Crippen LogP) is 2.45. The highest BCUT2D eigenvalue weighted by atomic mass is 32.2. The van der Waals surface area contributed by atoms with Crippen LogP contribution in [0.15, 0.2) is 27.8 Å². The zero-order valence-electron chi connectivity index (χ0n) is 12.5. The van der Waals surface area contributed by atoms with Gasteiger partial charge in [-0.2, -0.15) is 0 Å². The number of aryl methyl sites for hydroxylation is 1. The Morgan fingerprint density at radius 1 is 1.24 bits per heavy atom. The fourth-order valence-corrected chi connectivity index (χ4v) is 2.85. The fraction of sp³-hybridized carbons (Fsp3) is 0.429. The number of rotatable bonds is 7. The third-order valence-corrected chi connectivity index (χ3v) is 3.95. The molecule has 0 saturated carbocycles. The molecule has 1 aromatic heterocycles. The summed E-state index contributed by atoms with van der Waals surface area (Å²) in [6, 6.07) is 6.03. The maximum Gasteiger partial charge on any atom is 0.276 e. The Balaban J connectivity index is 2.09. The van der Waals surface area contributed by atoms with Crippen molar-refractivity contribution in [1.82, 2.24) is 15.5 Å². The molecule has 6 nitrogen and oxygen atoms in total. The molecule has 114 valence electrons. The molecule has 0 bridgehead atoms. The Morgan fingerprint density at radius 2 is 2.00 bits per heavy atom. The van der Waals surface area contributed by atoms with Crippen molar-refractivity contribution in [2.45, 2.75) is 18.2 Å². The SMILES string of the molecule is CNC(CSc1nnc(C)o1)c1ccc(OC)c(OC)c1. The maximum absolute atomic E-state index is 5.36. The van der Waals surface area contributed by atoms with Crippen LogP contribution < -0.4 is 14.8 Å². The number of nitrogens with one attached hydrogen (secondary N) is 1. The van der Waals surface area contributed by atoms with Crippen molar-refractivity contribution < 1.29 is 13.9 Å². The molecule has 1 heterocycles. The van der Waals surface area contributed by atoms with Gasteiger partial charge in [0.2, 0.25) is 5.89 Å². The minimum atomic E-state index is 0.141. The van der Waals surface area contributed by atoms with Gasteiger partial charge in [0.15, 0.2) is 11.5 Å². The Bertz CT molecular complexity index is 589. The normalized spacial score (nSPS) is 12.2. The van der Waals surface area contributed by atoms with Crippen LogP contribution in [0.4, 0.5) is 0 Å². The number of hydrogen-bond donors (Lipinski definition) is 1. The van der Waals surface area contributed by atoms with E-state index in [4.69, 9.17) is 13.9 Å². The quantitative estimate of drug-likeness (QED) is 0.788. The first-order valence-electron chi connectivity index (χ1n) is 6.50. The lowest BCUT2D eigenvalue weighted by atomic mass is 10.1. The molecule has 0 aliphatic heterocycles. The summed E-state index contributed by atoms with van der Waals surface area (Å²) in [5.41, 5.74) is 1.11. The molecule has 1 N–H and O–H groups in total. The van der Waals surface area contributed by atoms with E-state index in [1.807, 2.05) is 25.2 Å². The van der Waals surface area contributed by atoms with E-state index in [2.05, 4.69) is 15.5 Å². The number of aromatic nitrogens is 2. The fourth-order valence-electron chi connectivity index (χ4n) is 1.91. The van der Waals surface area contributed by atoms with Crippen molar-refractivity contribution in [3.8, 4) is 11.5 Å². The predicted molar refractivity (Wildman–Crippen MR) is 81.1 cm³/mol. The van der Waals surface area contributed by atoms with Crippen molar-refractivity contribution in [3.05, 3.63) is 29.7 Å². The average Bonchev–Trinajstić information content (AvgIpc) is 2.93. The molecule has 0 amide bonds. The second-order valence-electron chi connectivity index (χ2n) is 4.35. The van der Waals surface area contributed by atoms with Crippen LogP contribution >= 0.6 is 11.8 Å².